The highest BCUT2D eigenvalue weighted by atomic mass is 79.9. The van der Waals surface area contributed by atoms with Gasteiger partial charge >= 0.3 is 0 Å². The average Bonchev–Trinajstić information content (AvgIpc) is 2.40. The van der Waals surface area contributed by atoms with Crippen molar-refractivity contribution < 1.29 is 4.74 Å². The van der Waals surface area contributed by atoms with Crippen molar-refractivity contribution in [2.24, 2.45) is 5.73 Å². The fourth-order valence-corrected chi connectivity index (χ4v) is 2.13. The van der Waals surface area contributed by atoms with Crippen LogP contribution in [0.5, 0.6) is 5.75 Å². The van der Waals surface area contributed by atoms with Gasteiger partial charge in [-0.15, -0.1) is 0 Å². The summed E-state index contributed by atoms with van der Waals surface area (Å²) in [4.78, 5) is 0.412. The Morgan fingerprint density at radius 1 is 1.21 bits per heavy atom. The van der Waals surface area contributed by atoms with E-state index >= 15 is 0 Å². The van der Waals surface area contributed by atoms with Gasteiger partial charge in [0.05, 0.1) is 0 Å². The van der Waals surface area contributed by atoms with E-state index in [0.717, 1.165) is 26.9 Å². The third kappa shape index (κ3) is 3.78. The Labute approximate surface area is 126 Å². The lowest BCUT2D eigenvalue weighted by Gasteiger charge is -2.10. The Hall–Kier alpha value is -1.39. The smallest absolute Gasteiger partial charge is 0.123 e. The van der Waals surface area contributed by atoms with E-state index in [1.54, 1.807) is 0 Å². The van der Waals surface area contributed by atoms with Crippen LogP contribution in [0, 0.1) is 6.92 Å². The van der Waals surface area contributed by atoms with Crippen LogP contribution in [0.25, 0.3) is 0 Å². The maximum Gasteiger partial charge on any atom is 0.123 e. The first-order valence-corrected chi connectivity index (χ1v) is 7.04. The molecule has 0 amide bonds. The van der Waals surface area contributed by atoms with Crippen molar-refractivity contribution in [3.8, 4) is 5.75 Å². The van der Waals surface area contributed by atoms with Crippen LogP contribution in [0.4, 0.5) is 0 Å². The summed E-state index contributed by atoms with van der Waals surface area (Å²) < 4.78 is 6.82. The third-order valence-corrected chi connectivity index (χ3v) is 3.51. The number of nitrogens with two attached hydrogens (primary N) is 1. The largest absolute Gasteiger partial charge is 0.489 e. The molecule has 0 aliphatic heterocycles. The van der Waals surface area contributed by atoms with Crippen molar-refractivity contribution in [1.29, 1.82) is 0 Å². The molecule has 0 unspecified atom stereocenters. The number of thiocarbonyl (C=S) groups is 1. The summed E-state index contributed by atoms with van der Waals surface area (Å²) in [6, 6.07) is 13.8. The van der Waals surface area contributed by atoms with Crippen molar-refractivity contribution in [3.05, 3.63) is 63.6 Å². The zero-order valence-electron chi connectivity index (χ0n) is 10.5. The van der Waals surface area contributed by atoms with Crippen LogP contribution in [0.3, 0.4) is 0 Å². The highest BCUT2D eigenvalue weighted by Crippen LogP contribution is 2.23. The van der Waals surface area contributed by atoms with Crippen molar-refractivity contribution in [1.82, 2.24) is 0 Å². The standard InChI is InChI=1S/C15H14BrNOS/c1-10-2-7-13(16)8-14(10)18-9-11-3-5-12(6-4-11)15(17)19/h2-8H,9H2,1H3,(H2,17,19). The molecule has 0 saturated heterocycles. The van der Waals surface area contributed by atoms with Crippen LogP contribution >= 0.6 is 28.1 Å². The molecular formula is C15H14BrNOS. The van der Waals surface area contributed by atoms with Gasteiger partial charge < -0.3 is 10.5 Å². The molecule has 2 aromatic rings. The second-order valence-electron chi connectivity index (χ2n) is 4.26. The van der Waals surface area contributed by atoms with Gasteiger partial charge in [-0.3, -0.25) is 0 Å². The lowest BCUT2D eigenvalue weighted by molar-refractivity contribution is 0.304. The van der Waals surface area contributed by atoms with E-state index in [-0.39, 0.29) is 0 Å². The van der Waals surface area contributed by atoms with E-state index in [1.165, 1.54) is 0 Å². The van der Waals surface area contributed by atoms with Gasteiger partial charge in [0.1, 0.15) is 17.3 Å². The molecule has 2 aromatic carbocycles. The second-order valence-corrected chi connectivity index (χ2v) is 5.62. The molecule has 19 heavy (non-hydrogen) atoms. The van der Waals surface area contributed by atoms with Crippen LogP contribution in [0.15, 0.2) is 46.9 Å². The van der Waals surface area contributed by atoms with Gasteiger partial charge in [-0.2, -0.15) is 0 Å². The maximum absolute atomic E-state index is 5.81. The first-order valence-electron chi connectivity index (χ1n) is 5.84. The molecule has 0 aliphatic rings. The quantitative estimate of drug-likeness (QED) is 0.858. The fourth-order valence-electron chi connectivity index (χ4n) is 1.66. The first-order chi connectivity index (χ1) is 9.06. The third-order valence-electron chi connectivity index (χ3n) is 2.78. The van der Waals surface area contributed by atoms with Crippen LogP contribution in [-0.2, 0) is 6.61 Å². The van der Waals surface area contributed by atoms with Gasteiger partial charge in [-0.1, -0.05) is 58.5 Å². The number of hydrogen-bond donors (Lipinski definition) is 1. The number of hydrogen-bond acceptors (Lipinski definition) is 2. The first kappa shape index (κ1) is 14.0. The lowest BCUT2D eigenvalue weighted by Crippen LogP contribution is -2.09. The van der Waals surface area contributed by atoms with Crippen molar-refractivity contribution >= 4 is 33.1 Å². The predicted molar refractivity (Wildman–Crippen MR) is 85.5 cm³/mol. The van der Waals surface area contributed by atoms with Crippen LogP contribution in [-0.4, -0.2) is 4.99 Å². The molecule has 4 heteroatoms. The number of halogens is 1. The molecular weight excluding hydrogens is 322 g/mol. The maximum atomic E-state index is 5.81. The van der Waals surface area contributed by atoms with Crippen molar-refractivity contribution in [3.63, 3.8) is 0 Å². The molecule has 0 fully saturated rings. The topological polar surface area (TPSA) is 35.2 Å². The van der Waals surface area contributed by atoms with E-state index in [0.29, 0.717) is 11.6 Å². The highest BCUT2D eigenvalue weighted by molar-refractivity contribution is 9.10. The van der Waals surface area contributed by atoms with Crippen LogP contribution in [0.1, 0.15) is 16.7 Å². The minimum absolute atomic E-state index is 0.412. The SMILES string of the molecule is Cc1ccc(Br)cc1OCc1ccc(C(N)=S)cc1. The molecule has 2 rings (SSSR count). The Bertz CT molecular complexity index is 596. The molecule has 0 saturated carbocycles. The van der Waals surface area contributed by atoms with Crippen molar-refractivity contribution in [2.45, 2.75) is 13.5 Å². The van der Waals surface area contributed by atoms with Crippen LogP contribution < -0.4 is 10.5 Å². The molecule has 0 atom stereocenters. The molecule has 0 radical (unpaired) electrons. The van der Waals surface area contributed by atoms with Gasteiger partial charge in [0, 0.05) is 10.0 Å². The van der Waals surface area contributed by atoms with E-state index < -0.39 is 0 Å². The normalized spacial score (nSPS) is 10.2. The second kappa shape index (κ2) is 6.17. The van der Waals surface area contributed by atoms with E-state index in [2.05, 4.69) is 15.9 Å². The van der Waals surface area contributed by atoms with E-state index in [9.17, 15) is 0 Å². The minimum atomic E-state index is 0.412. The zero-order valence-corrected chi connectivity index (χ0v) is 12.9. The Balaban J connectivity index is 2.06. The Morgan fingerprint density at radius 3 is 2.53 bits per heavy atom. The summed E-state index contributed by atoms with van der Waals surface area (Å²) in [7, 11) is 0. The fraction of sp³-hybridized carbons (Fsp3) is 0.133. The van der Waals surface area contributed by atoms with Crippen molar-refractivity contribution in [2.75, 3.05) is 0 Å². The Kier molecular flexibility index (Phi) is 4.56. The van der Waals surface area contributed by atoms with Gasteiger partial charge in [0.2, 0.25) is 0 Å². The molecule has 2 nitrogen and oxygen atoms in total. The molecule has 0 aromatic heterocycles. The number of benzene rings is 2. The van der Waals surface area contributed by atoms with Gasteiger partial charge in [0.15, 0.2) is 0 Å². The minimum Gasteiger partial charge on any atom is -0.489 e. The summed E-state index contributed by atoms with van der Waals surface area (Å²) in [5, 5.41) is 0. The number of ether oxygens (including phenoxy) is 1. The summed E-state index contributed by atoms with van der Waals surface area (Å²) in [5.74, 6) is 0.882. The monoisotopic (exact) mass is 335 g/mol. The average molecular weight is 336 g/mol. The van der Waals surface area contributed by atoms with Gasteiger partial charge in [-0.25, -0.2) is 0 Å². The summed E-state index contributed by atoms with van der Waals surface area (Å²) in [6.45, 7) is 2.55. The molecule has 98 valence electrons. The predicted octanol–water partition coefficient (Wildman–Crippen LogP) is 3.97. The summed E-state index contributed by atoms with van der Waals surface area (Å²) in [6.07, 6.45) is 0. The summed E-state index contributed by atoms with van der Waals surface area (Å²) in [5.41, 5.74) is 8.63. The highest BCUT2D eigenvalue weighted by Gasteiger charge is 2.02. The molecule has 0 aliphatic carbocycles. The zero-order chi connectivity index (χ0) is 13.8. The summed E-state index contributed by atoms with van der Waals surface area (Å²) >= 11 is 8.36. The van der Waals surface area contributed by atoms with Crippen LogP contribution in [0.2, 0.25) is 0 Å². The molecule has 0 heterocycles. The van der Waals surface area contributed by atoms with E-state index in [1.807, 2.05) is 49.4 Å². The lowest BCUT2D eigenvalue weighted by atomic mass is 10.1. The number of rotatable bonds is 4. The van der Waals surface area contributed by atoms with Gasteiger partial charge in [-0.05, 0) is 30.2 Å². The number of aryl methyl sites for hydroxylation is 1. The molecule has 0 bridgehead atoms. The molecule has 0 spiro atoms. The van der Waals surface area contributed by atoms with E-state index in [4.69, 9.17) is 22.7 Å². The van der Waals surface area contributed by atoms with Gasteiger partial charge in [0.25, 0.3) is 0 Å². The molecule has 2 N–H and O–H groups in total. The Morgan fingerprint density at radius 2 is 1.89 bits per heavy atom.